The van der Waals surface area contributed by atoms with Crippen LogP contribution in [0.25, 0.3) is 0 Å². The van der Waals surface area contributed by atoms with Crippen molar-refractivity contribution in [2.45, 2.75) is 43.9 Å². The second-order valence-corrected chi connectivity index (χ2v) is 12.8. The van der Waals surface area contributed by atoms with E-state index in [0.29, 0.717) is 11.4 Å². The number of aliphatic hydroxyl groups excluding tert-OH is 1. The zero-order valence-corrected chi connectivity index (χ0v) is 21.1. The van der Waals surface area contributed by atoms with Gasteiger partial charge in [-0.1, -0.05) is 37.8 Å². The molecule has 1 aliphatic heterocycles. The molecule has 0 unspecified atom stereocenters. The number of aliphatic hydroxyl groups is 1. The van der Waals surface area contributed by atoms with Crippen LogP contribution in [0.2, 0.25) is 0 Å². The van der Waals surface area contributed by atoms with Crippen molar-refractivity contribution in [2.24, 2.45) is 0 Å². The molecule has 1 aliphatic rings. The summed E-state index contributed by atoms with van der Waals surface area (Å²) < 4.78 is 22.4. The van der Waals surface area contributed by atoms with Gasteiger partial charge in [-0.3, -0.25) is 14.8 Å². The maximum atomic E-state index is 12.8. The van der Waals surface area contributed by atoms with Gasteiger partial charge in [-0.2, -0.15) is 0 Å². The van der Waals surface area contributed by atoms with E-state index < -0.39 is 20.5 Å². The van der Waals surface area contributed by atoms with Gasteiger partial charge < -0.3 is 10.0 Å². The Morgan fingerprint density at radius 1 is 1.21 bits per heavy atom. The van der Waals surface area contributed by atoms with Gasteiger partial charge in [0.05, 0.1) is 16.4 Å². The fourth-order valence-corrected chi connectivity index (χ4v) is 5.39. The Morgan fingerprint density at radius 3 is 2.38 bits per heavy atom. The molecule has 1 aromatic heterocycles. The Morgan fingerprint density at radius 2 is 1.85 bits per heavy atom. The molecule has 3 N–H and O–H groups in total. The summed E-state index contributed by atoms with van der Waals surface area (Å²) >= 11 is 1.28. The first-order valence-corrected chi connectivity index (χ1v) is 13.3. The van der Waals surface area contributed by atoms with Crippen LogP contribution in [0.4, 0.5) is 0 Å². The van der Waals surface area contributed by atoms with Gasteiger partial charge in [0.25, 0.3) is 11.8 Å². The third-order valence-corrected chi connectivity index (χ3v) is 9.41. The largest absolute Gasteiger partial charge is 0.395 e. The minimum Gasteiger partial charge on any atom is -0.395 e. The molecule has 1 atom stereocenters. The van der Waals surface area contributed by atoms with Crippen molar-refractivity contribution in [1.29, 1.82) is 0 Å². The number of carbonyl (C=O) groups excluding carboxylic acids is 2. The monoisotopic (exact) mass is 504 g/mol. The predicted molar refractivity (Wildman–Crippen MR) is 129 cm³/mol. The van der Waals surface area contributed by atoms with E-state index in [-0.39, 0.29) is 30.9 Å². The van der Waals surface area contributed by atoms with Crippen LogP contribution in [0.1, 0.15) is 58.4 Å². The van der Waals surface area contributed by atoms with Crippen LogP contribution in [-0.4, -0.2) is 59.6 Å². The summed E-state index contributed by atoms with van der Waals surface area (Å²) in [6.45, 7) is 5.56. The van der Waals surface area contributed by atoms with E-state index in [1.807, 2.05) is 44.2 Å². The van der Waals surface area contributed by atoms with Gasteiger partial charge in [0.2, 0.25) is 0 Å². The number of carbonyl (C=O) groups is 2. The number of sulfone groups is 1. The highest BCUT2D eigenvalue weighted by molar-refractivity contribution is 7.92. The highest BCUT2D eigenvalue weighted by atomic mass is 32.2. The highest BCUT2D eigenvalue weighted by Gasteiger charge is 2.44. The van der Waals surface area contributed by atoms with Crippen molar-refractivity contribution in [3.8, 4) is 11.8 Å². The minimum absolute atomic E-state index is 0.0476. The van der Waals surface area contributed by atoms with Crippen molar-refractivity contribution in [2.75, 3.05) is 19.4 Å². The Kier molecular flexibility index (Phi) is 7.24. The fraction of sp³-hybridized carbons (Fsp3) is 0.417. The molecule has 3 rings (SSSR count). The molecule has 0 saturated heterocycles. The van der Waals surface area contributed by atoms with E-state index in [2.05, 4.69) is 11.8 Å². The number of hydrogen-bond acceptors (Lipinski definition) is 7. The topological polar surface area (TPSA) is 124 Å². The van der Waals surface area contributed by atoms with Gasteiger partial charge in [-0.05, 0) is 42.7 Å². The molecule has 2 aromatic rings. The number of nitrogens with zero attached hydrogens (tertiary/aromatic N) is 1. The fourth-order valence-electron chi connectivity index (χ4n) is 3.55. The molecular formula is C24H28N2O6S2. The maximum absolute atomic E-state index is 12.8. The van der Waals surface area contributed by atoms with Gasteiger partial charge in [0.15, 0.2) is 14.6 Å². The highest BCUT2D eigenvalue weighted by Crippen LogP contribution is 2.32. The van der Waals surface area contributed by atoms with Gasteiger partial charge in [-0.25, -0.2) is 13.9 Å². The Hall–Kier alpha value is -2.71. The van der Waals surface area contributed by atoms with Crippen LogP contribution in [0.3, 0.4) is 0 Å². The zero-order valence-electron chi connectivity index (χ0n) is 19.5. The lowest BCUT2D eigenvalue weighted by atomic mass is 9.85. The van der Waals surface area contributed by atoms with E-state index in [1.165, 1.54) is 28.6 Å². The lowest BCUT2D eigenvalue weighted by Gasteiger charge is -2.27. The normalized spacial score (nSPS) is 15.4. The van der Waals surface area contributed by atoms with E-state index in [1.54, 1.807) is 0 Å². The molecule has 0 aliphatic carbocycles. The number of fused-ring (bicyclic) bond motifs is 1. The lowest BCUT2D eigenvalue weighted by Crippen LogP contribution is -2.50. The first kappa shape index (κ1) is 25.9. The molecule has 34 heavy (non-hydrogen) atoms. The number of amides is 2. The molecular weight excluding hydrogens is 476 g/mol. The summed E-state index contributed by atoms with van der Waals surface area (Å²) in [5.74, 6) is 4.92. The van der Waals surface area contributed by atoms with Crippen molar-refractivity contribution in [3.63, 3.8) is 0 Å². The first-order chi connectivity index (χ1) is 15.8. The summed E-state index contributed by atoms with van der Waals surface area (Å²) in [5.41, 5.74) is 3.74. The molecule has 8 nitrogen and oxygen atoms in total. The van der Waals surface area contributed by atoms with Crippen LogP contribution in [0.5, 0.6) is 0 Å². The van der Waals surface area contributed by atoms with Crippen LogP contribution >= 0.6 is 11.3 Å². The summed E-state index contributed by atoms with van der Waals surface area (Å²) in [6.07, 6.45) is 0.783. The predicted octanol–water partition coefficient (Wildman–Crippen LogP) is 2.07. The van der Waals surface area contributed by atoms with Crippen LogP contribution in [0, 0.1) is 11.8 Å². The average Bonchev–Trinajstić information content (AvgIpc) is 3.33. The summed E-state index contributed by atoms with van der Waals surface area (Å²) in [5, 5.41) is 18.4. The molecule has 10 heteroatoms. The summed E-state index contributed by atoms with van der Waals surface area (Å²) in [4.78, 5) is 27.6. The van der Waals surface area contributed by atoms with E-state index >= 15 is 0 Å². The number of nitrogens with one attached hydrogen (secondary N) is 1. The molecule has 0 bridgehead atoms. The van der Waals surface area contributed by atoms with E-state index in [0.717, 1.165) is 27.8 Å². The number of thiophene rings is 1. The Labute approximate surface area is 203 Å². The van der Waals surface area contributed by atoms with Crippen LogP contribution in [0.15, 0.2) is 30.3 Å². The quantitative estimate of drug-likeness (QED) is 0.301. The molecule has 182 valence electrons. The van der Waals surface area contributed by atoms with Crippen LogP contribution < -0.4 is 5.48 Å². The van der Waals surface area contributed by atoms with Gasteiger partial charge in [0.1, 0.15) is 0 Å². The standard InChI is InChI=1S/C24H28N2O6S2/c1-23(2,15-27)18-8-5-16(6-9-18)7-10-19-13-17-14-26(21(28)20(17)33-19)12-11-24(3,22(29)25-30)34(4,31)32/h5-6,8-9,13,27,30H,11-12,14-15H2,1-4H3,(H,25,29)/t24-/m1/s1. The van der Waals surface area contributed by atoms with Crippen molar-refractivity contribution >= 4 is 33.0 Å². The third-order valence-electron chi connectivity index (χ3n) is 6.30. The molecule has 0 radical (unpaired) electrons. The minimum atomic E-state index is -3.83. The van der Waals surface area contributed by atoms with Crippen molar-refractivity contribution < 1.29 is 28.3 Å². The molecule has 0 fully saturated rings. The van der Waals surface area contributed by atoms with Gasteiger partial charge in [0, 0.05) is 30.3 Å². The molecule has 0 saturated carbocycles. The SMILES string of the molecule is CC(C)(CO)c1ccc(C#Cc2cc3c(s2)C(=O)N(CC[C@](C)(C(=O)NO)S(C)(=O)=O)C3)cc1. The average molecular weight is 505 g/mol. The third kappa shape index (κ3) is 5.03. The first-order valence-electron chi connectivity index (χ1n) is 10.6. The molecule has 2 amide bonds. The lowest BCUT2D eigenvalue weighted by molar-refractivity contribution is -0.131. The van der Waals surface area contributed by atoms with E-state index in [4.69, 9.17) is 5.21 Å². The smallest absolute Gasteiger partial charge is 0.264 e. The van der Waals surface area contributed by atoms with Crippen LogP contribution in [-0.2, 0) is 26.6 Å². The molecule has 2 heterocycles. The zero-order chi connectivity index (χ0) is 25.3. The molecule has 0 spiro atoms. The molecule has 1 aromatic carbocycles. The summed E-state index contributed by atoms with van der Waals surface area (Å²) in [6, 6.07) is 9.53. The number of benzene rings is 1. The Balaban J connectivity index is 1.69. The number of hydroxylamine groups is 1. The summed E-state index contributed by atoms with van der Waals surface area (Å²) in [7, 11) is -3.83. The maximum Gasteiger partial charge on any atom is 0.264 e. The Bertz CT molecular complexity index is 1270. The van der Waals surface area contributed by atoms with E-state index in [9.17, 15) is 23.1 Å². The van der Waals surface area contributed by atoms with Crippen molar-refractivity contribution in [3.05, 3.63) is 56.8 Å². The van der Waals surface area contributed by atoms with Gasteiger partial charge in [-0.15, -0.1) is 11.3 Å². The van der Waals surface area contributed by atoms with Crippen molar-refractivity contribution in [1.82, 2.24) is 10.4 Å². The van der Waals surface area contributed by atoms with Gasteiger partial charge >= 0.3 is 0 Å². The number of hydrogen-bond donors (Lipinski definition) is 3. The number of rotatable bonds is 7. The second-order valence-electron chi connectivity index (χ2n) is 9.26. The second kappa shape index (κ2) is 9.50.